The lowest BCUT2D eigenvalue weighted by Crippen LogP contribution is -2.43. The highest BCUT2D eigenvalue weighted by atomic mass is 35.5. The first-order valence-corrected chi connectivity index (χ1v) is 8.89. The smallest absolute Gasteiger partial charge is 0.220 e. The molecule has 0 bridgehead atoms. The van der Waals surface area contributed by atoms with Crippen LogP contribution in [0.2, 0.25) is 5.02 Å². The van der Waals surface area contributed by atoms with Gasteiger partial charge in [0.15, 0.2) is 9.84 Å². The molecule has 1 atom stereocenters. The van der Waals surface area contributed by atoms with E-state index in [1.54, 1.807) is 12.1 Å². The summed E-state index contributed by atoms with van der Waals surface area (Å²) < 4.78 is 23.0. The van der Waals surface area contributed by atoms with Gasteiger partial charge < -0.3 is 5.32 Å². The average Bonchev–Trinajstić information content (AvgIpc) is 2.37. The van der Waals surface area contributed by atoms with Gasteiger partial charge in [-0.05, 0) is 37.0 Å². The third-order valence-electron chi connectivity index (χ3n) is 3.38. The largest absolute Gasteiger partial charge is 0.352 e. The molecule has 110 valence electrons. The van der Waals surface area contributed by atoms with Gasteiger partial charge in [-0.2, -0.15) is 0 Å². The van der Waals surface area contributed by atoms with Crippen LogP contribution in [0.3, 0.4) is 0 Å². The van der Waals surface area contributed by atoms with Crippen LogP contribution in [-0.2, 0) is 21.1 Å². The molecule has 4 nitrogen and oxygen atoms in total. The summed E-state index contributed by atoms with van der Waals surface area (Å²) in [6, 6.07) is 7.14. The van der Waals surface area contributed by atoms with Crippen molar-refractivity contribution in [3.8, 4) is 0 Å². The molecule has 1 saturated heterocycles. The van der Waals surface area contributed by atoms with Crippen LogP contribution in [0.1, 0.15) is 24.8 Å². The zero-order valence-electron chi connectivity index (χ0n) is 11.1. The van der Waals surface area contributed by atoms with Crippen LogP contribution in [0.15, 0.2) is 24.3 Å². The minimum Gasteiger partial charge on any atom is -0.352 e. The van der Waals surface area contributed by atoms with Crippen molar-refractivity contribution >= 4 is 27.3 Å². The number of amides is 1. The summed E-state index contributed by atoms with van der Waals surface area (Å²) in [5.74, 6) is 0.214. The number of aryl methyl sites for hydroxylation is 1. The summed E-state index contributed by atoms with van der Waals surface area (Å²) in [5.41, 5.74) is 1.04. The Balaban J connectivity index is 1.79. The van der Waals surface area contributed by atoms with Gasteiger partial charge in [0.05, 0.1) is 11.5 Å². The number of hydrogen-bond donors (Lipinski definition) is 1. The number of nitrogens with one attached hydrogen (secondary N) is 1. The number of hydrogen-bond acceptors (Lipinski definition) is 3. The van der Waals surface area contributed by atoms with Gasteiger partial charge >= 0.3 is 0 Å². The molecule has 6 heteroatoms. The molecule has 0 unspecified atom stereocenters. The monoisotopic (exact) mass is 315 g/mol. The maximum atomic E-state index is 11.8. The van der Waals surface area contributed by atoms with E-state index in [0.717, 1.165) is 12.0 Å². The lowest BCUT2D eigenvalue weighted by molar-refractivity contribution is -0.121. The van der Waals surface area contributed by atoms with Gasteiger partial charge in [0.25, 0.3) is 0 Å². The van der Waals surface area contributed by atoms with Crippen LogP contribution in [0.4, 0.5) is 0 Å². The van der Waals surface area contributed by atoms with Crippen LogP contribution in [-0.4, -0.2) is 31.9 Å². The molecule has 1 fully saturated rings. The van der Waals surface area contributed by atoms with E-state index < -0.39 is 9.84 Å². The second kappa shape index (κ2) is 6.59. The molecule has 0 aliphatic carbocycles. The Morgan fingerprint density at radius 3 is 2.65 bits per heavy atom. The first-order valence-electron chi connectivity index (χ1n) is 6.69. The highest BCUT2D eigenvalue weighted by Gasteiger charge is 2.25. The number of rotatable bonds is 4. The highest BCUT2D eigenvalue weighted by molar-refractivity contribution is 7.91. The fourth-order valence-corrected chi connectivity index (χ4v) is 4.11. The normalized spacial score (nSPS) is 21.4. The molecule has 0 radical (unpaired) electrons. The third kappa shape index (κ3) is 4.80. The van der Waals surface area contributed by atoms with Gasteiger partial charge in [-0.1, -0.05) is 23.7 Å². The van der Waals surface area contributed by atoms with Crippen molar-refractivity contribution in [3.63, 3.8) is 0 Å². The van der Waals surface area contributed by atoms with Crippen molar-refractivity contribution in [1.29, 1.82) is 0 Å². The lowest BCUT2D eigenvalue weighted by atomic mass is 10.1. The van der Waals surface area contributed by atoms with Gasteiger partial charge in [-0.25, -0.2) is 8.42 Å². The summed E-state index contributed by atoms with van der Waals surface area (Å²) in [6.45, 7) is 0. The van der Waals surface area contributed by atoms with E-state index in [-0.39, 0.29) is 23.5 Å². The zero-order chi connectivity index (χ0) is 14.6. The summed E-state index contributed by atoms with van der Waals surface area (Å²) in [7, 11) is -2.98. The minimum atomic E-state index is -2.98. The molecule has 20 heavy (non-hydrogen) atoms. The second-order valence-corrected chi connectivity index (χ2v) is 7.81. The van der Waals surface area contributed by atoms with E-state index in [2.05, 4.69) is 5.32 Å². The summed E-state index contributed by atoms with van der Waals surface area (Å²) in [4.78, 5) is 11.8. The van der Waals surface area contributed by atoms with Crippen molar-refractivity contribution in [2.45, 2.75) is 31.7 Å². The maximum absolute atomic E-state index is 11.8. The molecule has 1 aromatic carbocycles. The first-order chi connectivity index (χ1) is 9.44. The zero-order valence-corrected chi connectivity index (χ0v) is 12.7. The number of carbonyl (C=O) groups excluding carboxylic acids is 1. The Morgan fingerprint density at radius 2 is 2.00 bits per heavy atom. The molecular weight excluding hydrogens is 298 g/mol. The molecule has 0 saturated carbocycles. The molecule has 0 spiro atoms. The van der Waals surface area contributed by atoms with Gasteiger partial charge in [0.2, 0.25) is 5.91 Å². The highest BCUT2D eigenvalue weighted by Crippen LogP contribution is 2.13. The van der Waals surface area contributed by atoms with E-state index in [1.807, 2.05) is 12.1 Å². The predicted molar refractivity (Wildman–Crippen MR) is 79.6 cm³/mol. The van der Waals surface area contributed by atoms with Crippen molar-refractivity contribution in [2.75, 3.05) is 11.5 Å². The Kier molecular flexibility index (Phi) is 5.05. The molecular formula is C14H18ClNO3S. The second-order valence-electron chi connectivity index (χ2n) is 5.15. The van der Waals surface area contributed by atoms with E-state index in [4.69, 9.17) is 11.6 Å². The van der Waals surface area contributed by atoms with E-state index >= 15 is 0 Å². The van der Waals surface area contributed by atoms with Crippen LogP contribution in [0, 0.1) is 0 Å². The van der Waals surface area contributed by atoms with E-state index in [0.29, 0.717) is 24.3 Å². The van der Waals surface area contributed by atoms with Crippen molar-refractivity contribution in [3.05, 3.63) is 34.9 Å². The van der Waals surface area contributed by atoms with Crippen LogP contribution in [0.25, 0.3) is 0 Å². The molecule has 0 aromatic heterocycles. The SMILES string of the molecule is O=C(CCc1ccc(Cl)cc1)N[C@H]1CCCS(=O)(=O)C1. The summed E-state index contributed by atoms with van der Waals surface area (Å²) in [5, 5.41) is 3.48. The number of carbonyl (C=O) groups is 1. The lowest BCUT2D eigenvalue weighted by Gasteiger charge is -2.23. The Morgan fingerprint density at radius 1 is 1.30 bits per heavy atom. The molecule has 2 rings (SSSR count). The molecule has 1 N–H and O–H groups in total. The number of halogens is 1. The topological polar surface area (TPSA) is 63.2 Å². The fourth-order valence-electron chi connectivity index (χ4n) is 2.35. The van der Waals surface area contributed by atoms with Gasteiger partial charge in [-0.3, -0.25) is 4.79 Å². The molecule has 1 amide bonds. The Labute approximate surface area is 124 Å². The van der Waals surface area contributed by atoms with Gasteiger partial charge in [0, 0.05) is 17.5 Å². The number of benzene rings is 1. The predicted octanol–water partition coefficient (Wildman–Crippen LogP) is 1.97. The Bertz CT molecular complexity index is 569. The van der Waals surface area contributed by atoms with E-state index in [9.17, 15) is 13.2 Å². The van der Waals surface area contributed by atoms with Crippen molar-refractivity contribution < 1.29 is 13.2 Å². The summed E-state index contributed by atoms with van der Waals surface area (Å²) >= 11 is 5.79. The standard InChI is InChI=1S/C14H18ClNO3S/c15-12-6-3-11(4-7-12)5-8-14(17)16-13-2-1-9-20(18,19)10-13/h3-4,6-7,13H,1-2,5,8-10H2,(H,16,17)/t13-/m0/s1. The van der Waals surface area contributed by atoms with Crippen molar-refractivity contribution in [1.82, 2.24) is 5.32 Å². The Hall–Kier alpha value is -1.07. The van der Waals surface area contributed by atoms with Crippen molar-refractivity contribution in [2.24, 2.45) is 0 Å². The van der Waals surface area contributed by atoms with Crippen LogP contribution >= 0.6 is 11.6 Å². The number of sulfone groups is 1. The van der Waals surface area contributed by atoms with Crippen LogP contribution in [0.5, 0.6) is 0 Å². The molecule has 1 heterocycles. The molecule has 1 aromatic rings. The maximum Gasteiger partial charge on any atom is 0.220 e. The first kappa shape index (κ1) is 15.3. The van der Waals surface area contributed by atoms with Gasteiger partial charge in [0.1, 0.15) is 0 Å². The molecule has 1 aliphatic rings. The average molecular weight is 316 g/mol. The third-order valence-corrected chi connectivity index (χ3v) is 5.46. The molecule has 1 aliphatic heterocycles. The minimum absolute atomic E-state index is 0.0691. The quantitative estimate of drug-likeness (QED) is 0.924. The van der Waals surface area contributed by atoms with Crippen LogP contribution < -0.4 is 5.32 Å². The van der Waals surface area contributed by atoms with E-state index in [1.165, 1.54) is 0 Å². The van der Waals surface area contributed by atoms with Gasteiger partial charge in [-0.15, -0.1) is 0 Å². The summed E-state index contributed by atoms with van der Waals surface area (Å²) in [6.07, 6.45) is 2.36. The fraction of sp³-hybridized carbons (Fsp3) is 0.500.